The molecule has 1 aliphatic carbocycles. The minimum atomic E-state index is 0. The molecule has 2 heterocycles. The van der Waals surface area contributed by atoms with Crippen molar-refractivity contribution in [2.75, 3.05) is 13.1 Å². The van der Waals surface area contributed by atoms with Gasteiger partial charge in [-0.3, -0.25) is 9.78 Å². The Labute approximate surface area is 131 Å². The number of aromatic nitrogens is 1. The summed E-state index contributed by atoms with van der Waals surface area (Å²) in [6, 6.07) is 3.88. The Morgan fingerprint density at radius 1 is 1.40 bits per heavy atom. The van der Waals surface area contributed by atoms with E-state index in [1.54, 1.807) is 12.4 Å². The molecule has 1 spiro atoms. The number of piperidine rings is 1. The summed E-state index contributed by atoms with van der Waals surface area (Å²) in [5.74, 6) is 0.469. The summed E-state index contributed by atoms with van der Waals surface area (Å²) in [5, 5.41) is 6.39. The highest BCUT2D eigenvalue weighted by Crippen LogP contribution is 2.58. The molecule has 1 saturated carbocycles. The molecule has 6 heteroatoms. The molecular weight excluding hydrogens is 297 g/mol. The van der Waals surface area contributed by atoms with E-state index in [2.05, 4.69) is 15.6 Å². The Kier molecular flexibility index (Phi) is 6.24. The largest absolute Gasteiger partial charge is 0.352 e. The third-order valence-corrected chi connectivity index (χ3v) is 4.30. The highest BCUT2D eigenvalue weighted by molar-refractivity contribution is 5.85. The van der Waals surface area contributed by atoms with E-state index in [9.17, 15) is 4.79 Å². The van der Waals surface area contributed by atoms with Crippen LogP contribution in [0.4, 0.5) is 0 Å². The van der Waals surface area contributed by atoms with Gasteiger partial charge in [-0.05, 0) is 49.4 Å². The third-order valence-electron chi connectivity index (χ3n) is 4.30. The number of nitrogens with zero attached hydrogens (tertiary/aromatic N) is 1. The number of rotatable bonds is 3. The van der Waals surface area contributed by atoms with E-state index >= 15 is 0 Å². The quantitative estimate of drug-likeness (QED) is 0.895. The van der Waals surface area contributed by atoms with Gasteiger partial charge in [0, 0.05) is 24.9 Å². The van der Waals surface area contributed by atoms with E-state index in [1.807, 2.05) is 12.1 Å². The van der Waals surface area contributed by atoms with Crippen molar-refractivity contribution in [2.45, 2.75) is 25.8 Å². The van der Waals surface area contributed by atoms with Crippen LogP contribution in [0.15, 0.2) is 24.5 Å². The summed E-state index contributed by atoms with van der Waals surface area (Å²) in [6.07, 6.45) is 6.92. The van der Waals surface area contributed by atoms with Gasteiger partial charge in [-0.15, -0.1) is 24.8 Å². The van der Waals surface area contributed by atoms with E-state index in [0.717, 1.165) is 37.9 Å². The summed E-state index contributed by atoms with van der Waals surface area (Å²) in [6.45, 7) is 2.72. The van der Waals surface area contributed by atoms with Crippen LogP contribution >= 0.6 is 24.8 Å². The van der Waals surface area contributed by atoms with Crippen LogP contribution in [0.25, 0.3) is 0 Å². The molecule has 112 valence electrons. The van der Waals surface area contributed by atoms with Crippen molar-refractivity contribution in [1.29, 1.82) is 0 Å². The first-order valence-electron chi connectivity index (χ1n) is 6.68. The van der Waals surface area contributed by atoms with E-state index < -0.39 is 0 Å². The average Bonchev–Trinajstić information content (AvgIpc) is 3.12. The Morgan fingerprint density at radius 3 is 2.80 bits per heavy atom. The zero-order chi connectivity index (χ0) is 12.4. The first-order valence-corrected chi connectivity index (χ1v) is 6.68. The van der Waals surface area contributed by atoms with Crippen molar-refractivity contribution in [3.8, 4) is 0 Å². The monoisotopic (exact) mass is 317 g/mol. The smallest absolute Gasteiger partial charge is 0.223 e. The van der Waals surface area contributed by atoms with Crippen LogP contribution in [-0.4, -0.2) is 24.0 Å². The van der Waals surface area contributed by atoms with Crippen molar-refractivity contribution in [3.05, 3.63) is 30.1 Å². The average molecular weight is 318 g/mol. The number of carbonyl (C=O) groups is 1. The van der Waals surface area contributed by atoms with E-state index in [4.69, 9.17) is 0 Å². The molecule has 1 atom stereocenters. The van der Waals surface area contributed by atoms with Gasteiger partial charge in [-0.25, -0.2) is 0 Å². The van der Waals surface area contributed by atoms with Crippen molar-refractivity contribution in [3.63, 3.8) is 0 Å². The van der Waals surface area contributed by atoms with Crippen LogP contribution in [0.5, 0.6) is 0 Å². The third kappa shape index (κ3) is 3.62. The Hall–Kier alpha value is -0.840. The topological polar surface area (TPSA) is 54.0 Å². The summed E-state index contributed by atoms with van der Waals surface area (Å²) < 4.78 is 0. The van der Waals surface area contributed by atoms with Gasteiger partial charge in [0.15, 0.2) is 0 Å². The number of nitrogens with one attached hydrogen (secondary N) is 2. The number of halogens is 2. The Bertz CT molecular complexity index is 435. The van der Waals surface area contributed by atoms with Gasteiger partial charge < -0.3 is 10.6 Å². The number of amides is 1. The SMILES string of the molecule is Cl.Cl.O=C(NCc1cccnc1)C1CC12CCNCC2. The fourth-order valence-electron chi connectivity index (χ4n) is 3.01. The molecule has 1 unspecified atom stereocenters. The number of carbonyl (C=O) groups excluding carboxylic acids is 1. The highest BCUT2D eigenvalue weighted by atomic mass is 35.5. The molecular formula is C14H21Cl2N3O. The Balaban J connectivity index is 0.000001000. The molecule has 0 bridgehead atoms. The first kappa shape index (κ1) is 17.2. The molecule has 1 aliphatic heterocycles. The molecule has 0 radical (unpaired) electrons. The normalized spacial score (nSPS) is 22.3. The molecule has 2 aliphatic rings. The van der Waals surface area contributed by atoms with E-state index in [-0.39, 0.29) is 36.6 Å². The standard InChI is InChI=1S/C14H19N3O.2ClH/c18-13(17-10-11-2-1-5-16-9-11)12-8-14(12)3-6-15-7-4-14;;/h1-2,5,9,12,15H,3-4,6-8,10H2,(H,17,18);2*1H. The number of hydrogen-bond acceptors (Lipinski definition) is 3. The lowest BCUT2D eigenvalue weighted by atomic mass is 9.92. The van der Waals surface area contributed by atoms with Gasteiger partial charge in [0.25, 0.3) is 0 Å². The molecule has 20 heavy (non-hydrogen) atoms. The second kappa shape index (κ2) is 7.25. The van der Waals surface area contributed by atoms with E-state index in [0.29, 0.717) is 12.0 Å². The molecule has 1 aromatic rings. The lowest BCUT2D eigenvalue weighted by molar-refractivity contribution is -0.123. The van der Waals surface area contributed by atoms with Gasteiger partial charge in [0.1, 0.15) is 0 Å². The Morgan fingerprint density at radius 2 is 2.15 bits per heavy atom. The van der Waals surface area contributed by atoms with Crippen molar-refractivity contribution < 1.29 is 4.79 Å². The zero-order valence-corrected chi connectivity index (χ0v) is 12.9. The van der Waals surface area contributed by atoms with Crippen LogP contribution in [0.3, 0.4) is 0 Å². The minimum Gasteiger partial charge on any atom is -0.352 e. The molecule has 1 saturated heterocycles. The van der Waals surface area contributed by atoms with Crippen LogP contribution in [-0.2, 0) is 11.3 Å². The van der Waals surface area contributed by atoms with Gasteiger partial charge in [-0.2, -0.15) is 0 Å². The van der Waals surface area contributed by atoms with Crippen LogP contribution in [0.1, 0.15) is 24.8 Å². The van der Waals surface area contributed by atoms with Crippen molar-refractivity contribution in [2.24, 2.45) is 11.3 Å². The first-order chi connectivity index (χ1) is 8.80. The van der Waals surface area contributed by atoms with Crippen LogP contribution < -0.4 is 10.6 Å². The zero-order valence-electron chi connectivity index (χ0n) is 11.3. The van der Waals surface area contributed by atoms with Crippen LogP contribution in [0.2, 0.25) is 0 Å². The summed E-state index contributed by atoms with van der Waals surface area (Å²) in [7, 11) is 0. The summed E-state index contributed by atoms with van der Waals surface area (Å²) >= 11 is 0. The predicted octanol–water partition coefficient (Wildman–Crippen LogP) is 1.93. The van der Waals surface area contributed by atoms with Gasteiger partial charge in [0.2, 0.25) is 5.91 Å². The number of hydrogen-bond donors (Lipinski definition) is 2. The summed E-state index contributed by atoms with van der Waals surface area (Å²) in [4.78, 5) is 16.1. The predicted molar refractivity (Wildman–Crippen MR) is 83.2 cm³/mol. The van der Waals surface area contributed by atoms with Gasteiger partial charge in [0.05, 0.1) is 0 Å². The molecule has 2 fully saturated rings. The molecule has 0 aromatic carbocycles. The van der Waals surface area contributed by atoms with E-state index in [1.165, 1.54) is 0 Å². The summed E-state index contributed by atoms with van der Waals surface area (Å²) in [5.41, 5.74) is 1.38. The molecule has 1 amide bonds. The highest BCUT2D eigenvalue weighted by Gasteiger charge is 2.57. The fraction of sp³-hybridized carbons (Fsp3) is 0.571. The maximum atomic E-state index is 12.1. The second-order valence-corrected chi connectivity index (χ2v) is 5.45. The lowest BCUT2D eigenvalue weighted by Crippen LogP contribution is -2.33. The van der Waals surface area contributed by atoms with Crippen molar-refractivity contribution in [1.82, 2.24) is 15.6 Å². The lowest BCUT2D eigenvalue weighted by Gasteiger charge is -2.23. The van der Waals surface area contributed by atoms with Gasteiger partial charge in [-0.1, -0.05) is 6.07 Å². The van der Waals surface area contributed by atoms with Crippen LogP contribution in [0, 0.1) is 11.3 Å². The van der Waals surface area contributed by atoms with Crippen molar-refractivity contribution >= 4 is 30.7 Å². The molecule has 3 rings (SSSR count). The number of pyridine rings is 1. The minimum absolute atomic E-state index is 0. The second-order valence-electron chi connectivity index (χ2n) is 5.45. The maximum absolute atomic E-state index is 12.1. The molecule has 1 aromatic heterocycles. The fourth-order valence-corrected chi connectivity index (χ4v) is 3.01. The molecule has 2 N–H and O–H groups in total. The maximum Gasteiger partial charge on any atom is 0.223 e. The van der Waals surface area contributed by atoms with Gasteiger partial charge >= 0.3 is 0 Å². The molecule has 4 nitrogen and oxygen atoms in total.